The second-order valence-electron chi connectivity index (χ2n) is 25.5. The molecule has 446 valence electrons. The van der Waals surface area contributed by atoms with Crippen LogP contribution in [0.3, 0.4) is 0 Å². The van der Waals surface area contributed by atoms with Crippen molar-refractivity contribution in [3.8, 4) is 0 Å². The van der Waals surface area contributed by atoms with Crippen molar-refractivity contribution in [2.45, 2.75) is 202 Å². The maximum atomic E-state index is 10.1. The van der Waals surface area contributed by atoms with Gasteiger partial charge in [-0.05, 0) is 181 Å². The predicted octanol–water partition coefficient (Wildman–Crippen LogP) is 8.89. The van der Waals surface area contributed by atoms with Crippen molar-refractivity contribution in [2.75, 3.05) is 79.3 Å². The van der Waals surface area contributed by atoms with Gasteiger partial charge in [0.15, 0.2) is 16.6 Å². The van der Waals surface area contributed by atoms with Crippen molar-refractivity contribution < 1.29 is 81.9 Å². The van der Waals surface area contributed by atoms with E-state index in [0.29, 0.717) is 76.5 Å². The summed E-state index contributed by atoms with van der Waals surface area (Å²) in [5, 5.41) is 60.6. The first-order valence-electron chi connectivity index (χ1n) is 27.2. The molecule has 3 atom stereocenters. The molecule has 6 N–H and O–H groups in total. The average Bonchev–Trinajstić information content (AvgIpc) is 3.21. The fraction of sp³-hybridized carbons (Fsp3) is 1.00. The molecule has 74 heavy (non-hydrogen) atoms. The maximum Gasteiger partial charge on any atom is 0.317 e. The van der Waals surface area contributed by atoms with Crippen molar-refractivity contribution in [1.29, 1.82) is 0 Å². The molecular weight excluding hydrogens is 1120 g/mol. The monoisotopic (exact) mass is 1230 g/mol. The molecule has 0 rings (SSSR count). The molecule has 0 saturated carbocycles. The first kappa shape index (κ1) is 75.4. The van der Waals surface area contributed by atoms with E-state index in [2.05, 4.69) is 85.1 Å². The zero-order chi connectivity index (χ0) is 57.8. The van der Waals surface area contributed by atoms with Crippen LogP contribution in [-0.4, -0.2) is 195 Å². The van der Waals surface area contributed by atoms with E-state index in [9.17, 15) is 30.6 Å². The van der Waals surface area contributed by atoms with Gasteiger partial charge < -0.3 is 81.9 Å². The lowest BCUT2D eigenvalue weighted by molar-refractivity contribution is -0.0300. The van der Waals surface area contributed by atoms with Crippen LogP contribution < -0.4 is 0 Å². The highest BCUT2D eigenvalue weighted by Crippen LogP contribution is 2.36. The van der Waals surface area contributed by atoms with Gasteiger partial charge in [-0.2, -0.15) is 0 Å². The Morgan fingerprint density at radius 1 is 0.284 bits per heavy atom. The van der Waals surface area contributed by atoms with Crippen LogP contribution in [0.2, 0.25) is 143 Å². The molecule has 0 heterocycles. The number of aliphatic hydroxyl groups is 6. The molecule has 0 radical (unpaired) electrons. The van der Waals surface area contributed by atoms with Crippen LogP contribution in [0.1, 0.15) is 59.3 Å². The minimum Gasteiger partial charge on any atom is -0.437 e. The Hall–Kier alpha value is 1.45. The Kier molecular flexibility index (Phi) is 32.4. The summed E-state index contributed by atoms with van der Waals surface area (Å²) in [5.74, 6) is 0. The highest BCUT2D eigenvalue weighted by Gasteiger charge is 2.53. The standard InChI is InChI=1S/C46H114O18Si10/c1-23-44(35-47,36-48)41-53-29-26-32-72(20,57-66(7,8)9)63-74(22,34-28-31-55-43-46(25-3,39-51)40-52)64-73(21,33-27-30-54-42-45(24-2,37-49)38-50)62-71(18,19)61-70(16,17)60-69(14,15)59-68(12,13)58-67(10,11)56-65(4,5)6/h47-52H,23-43H2,1-22H3. The van der Waals surface area contributed by atoms with E-state index >= 15 is 0 Å². The van der Waals surface area contributed by atoms with Crippen LogP contribution >= 0.6 is 0 Å². The molecule has 0 bridgehead atoms. The molecule has 0 aliphatic heterocycles. The quantitative estimate of drug-likeness (QED) is 0.0247. The first-order valence-corrected chi connectivity index (χ1v) is 55.7. The van der Waals surface area contributed by atoms with Gasteiger partial charge in [-0.3, -0.25) is 0 Å². The van der Waals surface area contributed by atoms with E-state index in [1.165, 1.54) is 0 Å². The molecule has 0 aromatic rings. The normalized spacial score (nSPS) is 16.9. The Morgan fingerprint density at radius 2 is 0.500 bits per heavy atom. The number of hydrogen-bond donors (Lipinski definition) is 6. The molecule has 0 fully saturated rings. The molecule has 3 unspecified atom stereocenters. The average molecular weight is 1240 g/mol. The van der Waals surface area contributed by atoms with Crippen LogP contribution in [0.15, 0.2) is 0 Å². The summed E-state index contributed by atoms with van der Waals surface area (Å²) in [7, 11) is -27.9. The summed E-state index contributed by atoms with van der Waals surface area (Å²) in [6.45, 7) is 46.2. The van der Waals surface area contributed by atoms with E-state index in [1.807, 2.05) is 60.1 Å². The van der Waals surface area contributed by atoms with Gasteiger partial charge in [0, 0.05) is 36.1 Å². The summed E-state index contributed by atoms with van der Waals surface area (Å²) >= 11 is 0. The Morgan fingerprint density at radius 3 is 0.730 bits per heavy atom. The lowest BCUT2D eigenvalue weighted by atomic mass is 9.88. The fourth-order valence-electron chi connectivity index (χ4n) is 9.41. The minimum atomic E-state index is -3.31. The lowest BCUT2D eigenvalue weighted by Gasteiger charge is -2.46. The topological polar surface area (TPSA) is 232 Å². The Balaban J connectivity index is 7.23. The maximum absolute atomic E-state index is 10.1. The Bertz CT molecular complexity index is 1520. The molecule has 0 aliphatic rings. The van der Waals surface area contributed by atoms with E-state index in [0.717, 1.165) is 0 Å². The molecule has 0 saturated heterocycles. The van der Waals surface area contributed by atoms with E-state index in [-0.39, 0.29) is 59.5 Å². The summed E-state index contributed by atoms with van der Waals surface area (Å²) in [4.78, 5) is 0. The van der Waals surface area contributed by atoms with Crippen LogP contribution in [0.4, 0.5) is 0 Å². The van der Waals surface area contributed by atoms with Crippen molar-refractivity contribution >= 4 is 85.1 Å². The zero-order valence-corrected chi connectivity index (χ0v) is 60.9. The van der Waals surface area contributed by atoms with Crippen LogP contribution in [0, 0.1) is 16.2 Å². The van der Waals surface area contributed by atoms with Gasteiger partial charge in [0.1, 0.15) is 0 Å². The molecule has 0 aromatic heterocycles. The third kappa shape index (κ3) is 30.5. The number of aliphatic hydroxyl groups excluding tert-OH is 6. The molecule has 0 spiro atoms. The highest BCUT2D eigenvalue weighted by atomic mass is 28.5. The highest BCUT2D eigenvalue weighted by molar-refractivity contribution is 6.93. The summed E-state index contributed by atoms with van der Waals surface area (Å²) in [5.41, 5.74) is -2.18. The van der Waals surface area contributed by atoms with Gasteiger partial charge in [-0.1, -0.05) is 20.8 Å². The van der Waals surface area contributed by atoms with Gasteiger partial charge >= 0.3 is 68.5 Å². The van der Waals surface area contributed by atoms with Crippen LogP contribution in [0.5, 0.6) is 0 Å². The fourth-order valence-corrected chi connectivity index (χ4v) is 60.0. The lowest BCUT2D eigenvalue weighted by Crippen LogP contribution is -2.63. The summed E-state index contributed by atoms with van der Waals surface area (Å²) in [6.07, 6.45) is 3.49. The minimum absolute atomic E-state index is 0.171. The predicted molar refractivity (Wildman–Crippen MR) is 320 cm³/mol. The van der Waals surface area contributed by atoms with E-state index in [1.54, 1.807) is 0 Å². The van der Waals surface area contributed by atoms with E-state index in [4.69, 9.17) is 51.2 Å². The summed E-state index contributed by atoms with van der Waals surface area (Å²) in [6, 6.07) is 1.67. The third-order valence-electron chi connectivity index (χ3n) is 12.6. The SMILES string of the molecule is CCC(CO)(CO)COCCC[Si](C)(O[Si](C)(C)C)O[Si](C)(CCCOCC(CC)(CO)CO)O[Si](C)(CCCOCC(CC)(CO)CO)O[Si](C)(C)O[Si](C)(C)O[Si](C)(C)O[Si](C)(C)O[Si](C)(C)O[Si](C)(C)C. The van der Waals surface area contributed by atoms with Gasteiger partial charge in [-0.25, -0.2) is 0 Å². The van der Waals surface area contributed by atoms with Crippen molar-refractivity contribution in [1.82, 2.24) is 0 Å². The van der Waals surface area contributed by atoms with Crippen LogP contribution in [0.25, 0.3) is 0 Å². The van der Waals surface area contributed by atoms with Crippen molar-refractivity contribution in [3.63, 3.8) is 0 Å². The third-order valence-corrected chi connectivity index (χ3v) is 51.3. The molecule has 0 aliphatic carbocycles. The van der Waals surface area contributed by atoms with Crippen molar-refractivity contribution in [2.24, 2.45) is 16.2 Å². The molecule has 0 aromatic carbocycles. The van der Waals surface area contributed by atoms with Gasteiger partial charge in [0.25, 0.3) is 0 Å². The molecular formula is C46H114O18Si10. The molecule has 0 amide bonds. The molecule has 28 heteroatoms. The van der Waals surface area contributed by atoms with Gasteiger partial charge in [0.2, 0.25) is 0 Å². The smallest absolute Gasteiger partial charge is 0.317 e. The zero-order valence-electron chi connectivity index (χ0n) is 50.9. The second kappa shape index (κ2) is 31.8. The van der Waals surface area contributed by atoms with Crippen LogP contribution in [-0.2, 0) is 51.2 Å². The molecule has 18 nitrogen and oxygen atoms in total. The van der Waals surface area contributed by atoms with Gasteiger partial charge in [0.05, 0.1) is 59.5 Å². The largest absolute Gasteiger partial charge is 0.437 e. The number of rotatable bonds is 45. The summed E-state index contributed by atoms with van der Waals surface area (Å²) < 4.78 is 82.2. The van der Waals surface area contributed by atoms with Crippen molar-refractivity contribution in [3.05, 3.63) is 0 Å². The second-order valence-corrected chi connectivity index (χ2v) is 63.6. The number of hydrogen-bond acceptors (Lipinski definition) is 18. The van der Waals surface area contributed by atoms with Gasteiger partial charge in [-0.15, -0.1) is 0 Å². The van der Waals surface area contributed by atoms with E-state index < -0.39 is 101 Å². The first-order chi connectivity index (χ1) is 33.5. The Labute approximate surface area is 461 Å². The number of ether oxygens (including phenoxy) is 3.